The molecule has 4 amide bonds. The summed E-state index contributed by atoms with van der Waals surface area (Å²) in [7, 11) is 7.35. The second kappa shape index (κ2) is 26.6. The van der Waals surface area contributed by atoms with E-state index in [9.17, 15) is 24.3 Å². The number of aryl methyl sites for hydroxylation is 1. The number of hydrogen-bond acceptors (Lipinski definition) is 12. The Morgan fingerprint density at radius 3 is 2.39 bits per heavy atom. The number of hydrogen-bond donors (Lipinski definition) is 5. The first-order chi connectivity index (χ1) is 35.4. The number of likely N-dealkylation sites (tertiary alicyclic amines) is 1. The number of rotatable bonds is 18. The summed E-state index contributed by atoms with van der Waals surface area (Å²) in [5.74, 6) is 5.73. The minimum atomic E-state index is -0.803. The molecule has 1 aliphatic carbocycles. The summed E-state index contributed by atoms with van der Waals surface area (Å²) in [6, 6.07) is 14.8. The highest BCUT2D eigenvalue weighted by Gasteiger charge is 2.36. The van der Waals surface area contributed by atoms with Gasteiger partial charge < -0.3 is 39.9 Å². The molecule has 0 bridgehead atoms. The van der Waals surface area contributed by atoms with Crippen molar-refractivity contribution in [2.45, 2.75) is 130 Å². The third kappa shape index (κ3) is 14.5. The van der Waals surface area contributed by atoms with E-state index in [4.69, 9.17) is 26.0 Å². The number of phenolic OH excluding ortho intramolecular Hbond substituents is 1. The number of pyridine rings is 1. The number of aromatic nitrogens is 2. The number of carbonyl (C=O) groups is 4. The number of carbonyl (C=O) groups excluding carboxylic acids is 4. The average molecular weight is 1020 g/mol. The third-order valence-corrected chi connectivity index (χ3v) is 14.7. The first-order valence-electron chi connectivity index (χ1n) is 26.6. The topological polar surface area (TPSA) is 214 Å². The van der Waals surface area contributed by atoms with Gasteiger partial charge in [0.25, 0.3) is 5.91 Å². The van der Waals surface area contributed by atoms with Crippen molar-refractivity contribution >= 4 is 35.0 Å². The Kier molecular flexibility index (Phi) is 20.6. The van der Waals surface area contributed by atoms with E-state index in [1.807, 2.05) is 44.2 Å². The highest BCUT2D eigenvalue weighted by molar-refractivity contribution is 5.95. The predicted molar refractivity (Wildman–Crippen MR) is 291 cm³/mol. The van der Waals surface area contributed by atoms with Crippen LogP contribution in [0.5, 0.6) is 5.75 Å². The minimum absolute atomic E-state index is 0.0609. The molecule has 4 heterocycles. The molecule has 2 saturated heterocycles. The van der Waals surface area contributed by atoms with Crippen LogP contribution in [0.15, 0.2) is 66.6 Å². The van der Waals surface area contributed by atoms with Gasteiger partial charge in [0.2, 0.25) is 5.91 Å². The zero-order chi connectivity index (χ0) is 53.7. The molecule has 17 nitrogen and oxygen atoms in total. The molecule has 7 N–H and O–H groups in total. The molecule has 7 rings (SSSR count). The highest BCUT2D eigenvalue weighted by atomic mass is 16.5. The summed E-state index contributed by atoms with van der Waals surface area (Å²) < 4.78 is 13.9. The van der Waals surface area contributed by atoms with Crippen molar-refractivity contribution in [3.05, 3.63) is 83.4 Å². The number of aromatic hydroxyl groups is 1. The van der Waals surface area contributed by atoms with Crippen molar-refractivity contribution in [2.75, 3.05) is 61.1 Å². The summed E-state index contributed by atoms with van der Waals surface area (Å²) >= 11 is 0. The molecule has 4 atom stereocenters. The lowest BCUT2D eigenvalue weighted by molar-refractivity contribution is -0.141. The summed E-state index contributed by atoms with van der Waals surface area (Å²) in [5, 5.41) is 18.2. The number of urea groups is 1. The summed E-state index contributed by atoms with van der Waals surface area (Å²) in [6.07, 6.45) is 13.5. The maximum absolute atomic E-state index is 14.2. The molecule has 0 radical (unpaired) electrons. The van der Waals surface area contributed by atoms with Gasteiger partial charge in [-0.2, -0.15) is 0 Å². The summed E-state index contributed by atoms with van der Waals surface area (Å²) in [5.41, 5.74) is 16.9. The van der Waals surface area contributed by atoms with Crippen molar-refractivity contribution in [1.82, 2.24) is 40.1 Å². The number of allylic oxidation sites excluding steroid dienone is 1. The normalized spacial score (nSPS) is 18.1. The summed E-state index contributed by atoms with van der Waals surface area (Å²) in [6.45, 7) is 14.2. The fraction of sp³-hybridized carbons (Fsp3) is 0.561. The van der Waals surface area contributed by atoms with Gasteiger partial charge in [0.15, 0.2) is 0 Å². The average Bonchev–Trinajstić information content (AvgIpc) is 3.93. The number of methoxy groups -OCH3 is 2. The van der Waals surface area contributed by atoms with Crippen molar-refractivity contribution in [3.8, 4) is 28.1 Å². The fourth-order valence-electron chi connectivity index (χ4n) is 11.1. The van der Waals surface area contributed by atoms with E-state index in [1.54, 1.807) is 43.2 Å². The molecule has 2 aromatic carbocycles. The van der Waals surface area contributed by atoms with Crippen molar-refractivity contribution in [1.29, 1.82) is 0 Å². The monoisotopic (exact) mass is 1020 g/mol. The number of nitrogens with one attached hydrogen (secondary N) is 2. The molecule has 0 spiro atoms. The molecule has 74 heavy (non-hydrogen) atoms. The number of fused-ring (bicyclic) bond motifs is 1. The van der Waals surface area contributed by atoms with Crippen LogP contribution in [0.1, 0.15) is 115 Å². The van der Waals surface area contributed by atoms with Crippen LogP contribution in [0.3, 0.4) is 0 Å². The fourth-order valence-corrected chi connectivity index (χ4v) is 11.1. The van der Waals surface area contributed by atoms with Gasteiger partial charge in [0.1, 0.15) is 18.1 Å². The number of phenols is 1. The van der Waals surface area contributed by atoms with E-state index >= 15 is 0 Å². The van der Waals surface area contributed by atoms with E-state index in [0.717, 1.165) is 120 Å². The number of hydrazine groups is 2. The highest BCUT2D eigenvalue weighted by Crippen LogP contribution is 2.42. The summed E-state index contributed by atoms with van der Waals surface area (Å²) in [4.78, 5) is 59.2. The number of aldehydes is 1. The first-order valence-corrected chi connectivity index (χ1v) is 26.6. The van der Waals surface area contributed by atoms with E-state index in [-0.39, 0.29) is 59.4 Å². The molecule has 4 unspecified atom stereocenters. The van der Waals surface area contributed by atoms with Crippen LogP contribution in [0.4, 0.5) is 4.79 Å². The van der Waals surface area contributed by atoms with Gasteiger partial charge in [-0.25, -0.2) is 21.1 Å². The molecule has 404 valence electrons. The number of nitrogens with two attached hydrogens (primary N) is 2. The van der Waals surface area contributed by atoms with E-state index < -0.39 is 6.04 Å². The zero-order valence-electron chi connectivity index (χ0n) is 45.5. The van der Waals surface area contributed by atoms with Crippen LogP contribution < -0.4 is 22.3 Å². The number of nitrogens with zero attached hydrogens (tertiary/aromatic N) is 6. The van der Waals surface area contributed by atoms with Gasteiger partial charge >= 0.3 is 6.03 Å². The van der Waals surface area contributed by atoms with Crippen LogP contribution >= 0.6 is 0 Å². The largest absolute Gasteiger partial charge is 0.508 e. The van der Waals surface area contributed by atoms with Crippen molar-refractivity contribution in [3.63, 3.8) is 0 Å². The van der Waals surface area contributed by atoms with E-state index in [0.29, 0.717) is 44.9 Å². The minimum Gasteiger partial charge on any atom is -0.508 e. The second-order valence-corrected chi connectivity index (χ2v) is 21.5. The van der Waals surface area contributed by atoms with Gasteiger partial charge in [-0.3, -0.25) is 24.5 Å². The van der Waals surface area contributed by atoms with E-state index in [2.05, 4.69) is 60.3 Å². The standard InChI is InChI=1S/C46H64N6O5.C11H20N4O2/c1-9-51-40-19-18-33(27-37(40)38(28-46(3,4)29-56-7)43(51)36-17-14-20-47-41(36)30(2)57-8)34-23-31(24-35(53)26-34)25-39(45(55)52-22-13-12-21-48-52)49-44(54)42(50(5)6)32-15-10-11-16-32;1-9(12)7-15(13)11(17)14-5-2-3-10(8-16)4-6-14/h14,17-20,23-24,26-27,30,32,39,42,48,53H,9-13,15-16,21-22,25,28-29H2,1-8H3,(H,49,54);7-8,10H,2-6,12-13H2,1H3/b;9-7-. The Bertz CT molecular complexity index is 2560. The van der Waals surface area contributed by atoms with Gasteiger partial charge in [-0.1, -0.05) is 38.8 Å². The number of amides is 4. The predicted octanol–water partition coefficient (Wildman–Crippen LogP) is 7.70. The van der Waals surface area contributed by atoms with Gasteiger partial charge in [-0.15, -0.1) is 0 Å². The van der Waals surface area contributed by atoms with Gasteiger partial charge in [-0.05, 0) is 156 Å². The third-order valence-electron chi connectivity index (χ3n) is 14.7. The molecular weight excluding hydrogens is 937 g/mol. The number of ether oxygens (including phenoxy) is 2. The SMILES string of the molecule is C/C(N)=C/N(N)C(=O)N1CCCC(C=O)CC1.CCn1c(-c2cccnc2C(C)OC)c(CC(C)(C)COC)c2cc(-c3cc(O)cc(CC(NC(=O)C(C4CCCC4)N(C)C)C(=O)N4CCCCN4)c3)ccc21. The molecule has 17 heteroatoms. The number of benzene rings is 2. The molecule has 2 aromatic heterocycles. The lowest BCUT2D eigenvalue weighted by Crippen LogP contribution is -2.58. The maximum atomic E-state index is 14.2. The zero-order valence-corrected chi connectivity index (χ0v) is 45.5. The van der Waals surface area contributed by atoms with Crippen LogP contribution in [0.25, 0.3) is 33.3 Å². The van der Waals surface area contributed by atoms with Crippen LogP contribution in [-0.4, -0.2) is 132 Å². The smallest absolute Gasteiger partial charge is 0.338 e. The van der Waals surface area contributed by atoms with E-state index in [1.165, 1.54) is 11.8 Å². The Morgan fingerprint density at radius 1 is 0.986 bits per heavy atom. The lowest BCUT2D eigenvalue weighted by atomic mass is 9.84. The Balaban J connectivity index is 0.000000445. The first kappa shape index (κ1) is 57.4. The quantitative estimate of drug-likeness (QED) is 0.0281. The number of likely N-dealkylation sites (N-methyl/N-ethyl adjacent to an activating group) is 1. The molecular formula is C57H84N10O7. The Morgan fingerprint density at radius 2 is 1.74 bits per heavy atom. The molecule has 3 fully saturated rings. The van der Waals surface area contributed by atoms with Gasteiger partial charge in [0, 0.05) is 93.8 Å². The van der Waals surface area contributed by atoms with Crippen LogP contribution in [0, 0.1) is 17.3 Å². The molecule has 4 aromatic rings. The molecule has 1 saturated carbocycles. The second-order valence-electron chi connectivity index (χ2n) is 21.5. The Hall–Kier alpha value is -5.85. The molecule has 2 aliphatic heterocycles. The molecule has 3 aliphatic rings. The van der Waals surface area contributed by atoms with Crippen molar-refractivity contribution < 1.29 is 33.8 Å². The lowest BCUT2D eigenvalue weighted by Gasteiger charge is -2.34. The van der Waals surface area contributed by atoms with Crippen LogP contribution in [0.2, 0.25) is 0 Å². The maximum Gasteiger partial charge on any atom is 0.338 e. The Labute approximate surface area is 438 Å². The van der Waals surface area contributed by atoms with Crippen LogP contribution in [-0.2, 0) is 43.2 Å². The van der Waals surface area contributed by atoms with Crippen molar-refractivity contribution in [2.24, 2.45) is 28.8 Å². The van der Waals surface area contributed by atoms with Gasteiger partial charge in [0.05, 0.1) is 30.1 Å².